The molecule has 0 saturated carbocycles. The van der Waals surface area contributed by atoms with Gasteiger partial charge < -0.3 is 0 Å². The molecule has 0 spiro atoms. The number of hydrogen-bond donors (Lipinski definition) is 0. The van der Waals surface area contributed by atoms with Crippen LogP contribution in [0.3, 0.4) is 0 Å². The van der Waals surface area contributed by atoms with Crippen molar-refractivity contribution in [1.82, 2.24) is 15.0 Å². The van der Waals surface area contributed by atoms with E-state index in [1.54, 1.807) is 12.4 Å². The van der Waals surface area contributed by atoms with E-state index in [2.05, 4.69) is 58.5 Å². The molecule has 4 rings (SSSR count). The standard InChI is InChI=1S/C22H17N3/c1-16-14-21(25-22(24-16)20-8-5-13-23-15-20)19-11-9-18(10-12-19)17-6-3-2-4-7-17/h2-15H,1H3. The Bertz CT molecular complexity index is 979. The Morgan fingerprint density at radius 2 is 1.32 bits per heavy atom. The summed E-state index contributed by atoms with van der Waals surface area (Å²) in [6.07, 6.45) is 3.54. The van der Waals surface area contributed by atoms with Crippen LogP contribution in [0.4, 0.5) is 0 Å². The molecule has 0 unspecified atom stereocenters. The molecule has 4 aromatic rings. The molecule has 0 aliphatic carbocycles. The summed E-state index contributed by atoms with van der Waals surface area (Å²) in [5.41, 5.74) is 6.28. The van der Waals surface area contributed by atoms with Gasteiger partial charge in [0.15, 0.2) is 5.82 Å². The van der Waals surface area contributed by atoms with Gasteiger partial charge in [-0.1, -0.05) is 54.6 Å². The lowest BCUT2D eigenvalue weighted by atomic mass is 10.0. The molecule has 2 heterocycles. The number of benzene rings is 2. The normalized spacial score (nSPS) is 10.6. The third-order valence-corrected chi connectivity index (χ3v) is 4.06. The van der Waals surface area contributed by atoms with Crippen molar-refractivity contribution in [2.45, 2.75) is 6.92 Å². The molecule has 25 heavy (non-hydrogen) atoms. The molecular formula is C22H17N3. The van der Waals surface area contributed by atoms with Crippen LogP contribution in [0.25, 0.3) is 33.8 Å². The van der Waals surface area contributed by atoms with Crippen molar-refractivity contribution in [2.75, 3.05) is 0 Å². The first kappa shape index (κ1) is 15.2. The molecule has 2 aromatic carbocycles. The number of hydrogen-bond acceptors (Lipinski definition) is 3. The van der Waals surface area contributed by atoms with E-state index in [1.165, 1.54) is 11.1 Å². The van der Waals surface area contributed by atoms with Gasteiger partial charge in [0.2, 0.25) is 0 Å². The summed E-state index contributed by atoms with van der Waals surface area (Å²) < 4.78 is 0. The van der Waals surface area contributed by atoms with Gasteiger partial charge >= 0.3 is 0 Å². The second-order valence-electron chi connectivity index (χ2n) is 5.90. The van der Waals surface area contributed by atoms with E-state index in [0.29, 0.717) is 5.82 Å². The highest BCUT2D eigenvalue weighted by atomic mass is 14.9. The molecule has 0 N–H and O–H groups in total. The van der Waals surface area contributed by atoms with Gasteiger partial charge in [-0.2, -0.15) is 0 Å². The lowest BCUT2D eigenvalue weighted by molar-refractivity contribution is 1.11. The van der Waals surface area contributed by atoms with Crippen molar-refractivity contribution in [2.24, 2.45) is 0 Å². The van der Waals surface area contributed by atoms with Crippen LogP contribution < -0.4 is 0 Å². The minimum atomic E-state index is 0.704. The van der Waals surface area contributed by atoms with Crippen LogP contribution in [-0.4, -0.2) is 15.0 Å². The number of pyridine rings is 1. The third kappa shape index (κ3) is 3.31. The quantitative estimate of drug-likeness (QED) is 0.521. The summed E-state index contributed by atoms with van der Waals surface area (Å²) in [5.74, 6) is 0.704. The molecule has 120 valence electrons. The maximum absolute atomic E-state index is 4.73. The monoisotopic (exact) mass is 323 g/mol. The zero-order valence-electron chi connectivity index (χ0n) is 13.9. The predicted molar refractivity (Wildman–Crippen MR) is 101 cm³/mol. The van der Waals surface area contributed by atoms with Gasteiger partial charge in [0.1, 0.15) is 0 Å². The molecule has 3 nitrogen and oxygen atoms in total. The van der Waals surface area contributed by atoms with E-state index >= 15 is 0 Å². The minimum Gasteiger partial charge on any atom is -0.264 e. The first-order chi connectivity index (χ1) is 12.3. The van der Waals surface area contributed by atoms with Gasteiger partial charge in [-0.15, -0.1) is 0 Å². The van der Waals surface area contributed by atoms with E-state index < -0.39 is 0 Å². The molecule has 0 amide bonds. The summed E-state index contributed by atoms with van der Waals surface area (Å²) in [5, 5.41) is 0. The predicted octanol–water partition coefficient (Wildman–Crippen LogP) is 5.18. The minimum absolute atomic E-state index is 0.704. The fourth-order valence-electron chi connectivity index (χ4n) is 2.80. The van der Waals surface area contributed by atoms with E-state index in [4.69, 9.17) is 4.98 Å². The molecule has 0 aliphatic heterocycles. The summed E-state index contributed by atoms with van der Waals surface area (Å²) in [6, 6.07) is 24.7. The van der Waals surface area contributed by atoms with E-state index in [9.17, 15) is 0 Å². The van der Waals surface area contributed by atoms with Crippen molar-refractivity contribution in [3.05, 3.63) is 90.9 Å². The highest BCUT2D eigenvalue weighted by Crippen LogP contribution is 2.25. The lowest BCUT2D eigenvalue weighted by Crippen LogP contribution is -1.95. The number of aromatic nitrogens is 3. The van der Waals surface area contributed by atoms with Crippen LogP contribution in [-0.2, 0) is 0 Å². The van der Waals surface area contributed by atoms with Gasteiger partial charge in [0, 0.05) is 29.2 Å². The Balaban J connectivity index is 1.71. The van der Waals surface area contributed by atoms with E-state index in [1.807, 2.05) is 31.2 Å². The zero-order chi connectivity index (χ0) is 17.1. The van der Waals surface area contributed by atoms with Gasteiger partial charge in [-0.25, -0.2) is 9.97 Å². The van der Waals surface area contributed by atoms with Crippen molar-refractivity contribution >= 4 is 0 Å². The van der Waals surface area contributed by atoms with Crippen molar-refractivity contribution in [3.8, 4) is 33.8 Å². The van der Waals surface area contributed by atoms with E-state index in [-0.39, 0.29) is 0 Å². The van der Waals surface area contributed by atoms with E-state index in [0.717, 1.165) is 22.5 Å². The topological polar surface area (TPSA) is 38.7 Å². The largest absolute Gasteiger partial charge is 0.264 e. The van der Waals surface area contributed by atoms with Gasteiger partial charge in [-0.05, 0) is 36.2 Å². The van der Waals surface area contributed by atoms with Crippen LogP contribution in [0, 0.1) is 6.92 Å². The average molecular weight is 323 g/mol. The van der Waals surface area contributed by atoms with Crippen LogP contribution in [0.1, 0.15) is 5.69 Å². The van der Waals surface area contributed by atoms with Crippen LogP contribution in [0.15, 0.2) is 85.2 Å². The average Bonchev–Trinajstić information content (AvgIpc) is 2.69. The second kappa shape index (κ2) is 6.65. The molecular weight excluding hydrogens is 306 g/mol. The third-order valence-electron chi connectivity index (χ3n) is 4.06. The lowest BCUT2D eigenvalue weighted by Gasteiger charge is -2.07. The Morgan fingerprint density at radius 3 is 2.04 bits per heavy atom. The fourth-order valence-corrected chi connectivity index (χ4v) is 2.80. The Hall–Kier alpha value is -3.33. The zero-order valence-corrected chi connectivity index (χ0v) is 13.9. The highest BCUT2D eigenvalue weighted by molar-refractivity contribution is 5.70. The fraction of sp³-hybridized carbons (Fsp3) is 0.0455. The molecule has 3 heteroatoms. The summed E-state index contributed by atoms with van der Waals surface area (Å²) in [4.78, 5) is 13.4. The first-order valence-electron chi connectivity index (χ1n) is 8.21. The Labute approximate surface area is 147 Å². The van der Waals surface area contributed by atoms with Crippen molar-refractivity contribution in [3.63, 3.8) is 0 Å². The Kier molecular flexibility index (Phi) is 4.05. The van der Waals surface area contributed by atoms with Gasteiger partial charge in [0.05, 0.1) is 5.69 Å². The molecule has 0 aliphatic rings. The molecule has 0 fully saturated rings. The van der Waals surface area contributed by atoms with Crippen LogP contribution >= 0.6 is 0 Å². The van der Waals surface area contributed by atoms with Gasteiger partial charge in [0.25, 0.3) is 0 Å². The van der Waals surface area contributed by atoms with Crippen LogP contribution in [0.2, 0.25) is 0 Å². The summed E-state index contributed by atoms with van der Waals surface area (Å²) in [6.45, 7) is 1.99. The molecule has 0 saturated heterocycles. The number of aryl methyl sites for hydroxylation is 1. The Morgan fingerprint density at radius 1 is 0.640 bits per heavy atom. The molecule has 0 bridgehead atoms. The highest BCUT2D eigenvalue weighted by Gasteiger charge is 2.07. The van der Waals surface area contributed by atoms with Gasteiger partial charge in [-0.3, -0.25) is 4.98 Å². The summed E-state index contributed by atoms with van der Waals surface area (Å²) in [7, 11) is 0. The maximum atomic E-state index is 4.73. The summed E-state index contributed by atoms with van der Waals surface area (Å²) >= 11 is 0. The molecule has 0 radical (unpaired) electrons. The number of rotatable bonds is 3. The maximum Gasteiger partial charge on any atom is 0.161 e. The SMILES string of the molecule is Cc1cc(-c2ccc(-c3ccccc3)cc2)nc(-c2cccnc2)n1. The van der Waals surface area contributed by atoms with Crippen LogP contribution in [0.5, 0.6) is 0 Å². The smallest absolute Gasteiger partial charge is 0.161 e. The second-order valence-corrected chi connectivity index (χ2v) is 5.90. The van der Waals surface area contributed by atoms with Crippen molar-refractivity contribution in [1.29, 1.82) is 0 Å². The molecule has 0 atom stereocenters. The first-order valence-corrected chi connectivity index (χ1v) is 8.21. The number of nitrogens with zero attached hydrogens (tertiary/aromatic N) is 3. The molecule has 2 aromatic heterocycles. The van der Waals surface area contributed by atoms with Crippen molar-refractivity contribution < 1.29 is 0 Å².